The molecule has 0 bridgehead atoms. The Morgan fingerprint density at radius 1 is 1.42 bits per heavy atom. The van der Waals surface area contributed by atoms with E-state index in [1.165, 1.54) is 0 Å². The maximum absolute atomic E-state index is 12.8. The largest absolute Gasteiger partial charge is 0.573 e. The minimum atomic E-state index is -5.10. The summed E-state index contributed by atoms with van der Waals surface area (Å²) in [6, 6.07) is 0. The Morgan fingerprint density at radius 2 is 2.00 bits per heavy atom. The molecule has 1 aromatic rings. The molecule has 0 N–H and O–H groups in total. The Kier molecular flexibility index (Phi) is 4.92. The molecule has 0 aromatic carbocycles. The highest BCUT2D eigenvalue weighted by Gasteiger charge is 2.34. The van der Waals surface area contributed by atoms with E-state index in [0.29, 0.717) is 6.20 Å². The van der Waals surface area contributed by atoms with Crippen molar-refractivity contribution in [1.29, 1.82) is 0 Å². The fourth-order valence-corrected chi connectivity index (χ4v) is 1.71. The van der Waals surface area contributed by atoms with Crippen molar-refractivity contribution in [2.24, 2.45) is 0 Å². The van der Waals surface area contributed by atoms with Crippen LogP contribution < -0.4 is 4.74 Å². The quantitative estimate of drug-likeness (QED) is 0.477. The molecule has 0 aliphatic heterocycles. The number of rotatable bonds is 4. The van der Waals surface area contributed by atoms with Gasteiger partial charge in [0, 0.05) is 5.56 Å². The van der Waals surface area contributed by atoms with Crippen molar-refractivity contribution >= 4 is 28.4 Å². The van der Waals surface area contributed by atoms with Crippen molar-refractivity contribution in [3.63, 3.8) is 0 Å². The van der Waals surface area contributed by atoms with Gasteiger partial charge in [-0.15, -0.1) is 24.8 Å². The van der Waals surface area contributed by atoms with Gasteiger partial charge in [-0.3, -0.25) is 4.79 Å². The topological polar surface area (TPSA) is 39.2 Å². The zero-order chi connectivity index (χ0) is 14.8. The summed E-state index contributed by atoms with van der Waals surface area (Å²) in [4.78, 5) is 14.0. The van der Waals surface area contributed by atoms with Gasteiger partial charge in [-0.2, -0.15) is 0 Å². The lowest BCUT2D eigenvalue weighted by Gasteiger charge is -2.16. The number of pyridine rings is 1. The molecule has 1 rings (SSSR count). The van der Waals surface area contributed by atoms with Crippen LogP contribution in [0.2, 0.25) is 0 Å². The average molecular weight is 324 g/mol. The van der Waals surface area contributed by atoms with Gasteiger partial charge in [0.25, 0.3) is 11.7 Å². The van der Waals surface area contributed by atoms with Gasteiger partial charge in [-0.05, 0) is 11.6 Å². The molecule has 0 aliphatic carbocycles. The minimum absolute atomic E-state index is 0.465. The summed E-state index contributed by atoms with van der Waals surface area (Å²) >= 11 is 10.3. The molecule has 0 unspecified atom stereocenters. The van der Waals surface area contributed by atoms with Gasteiger partial charge >= 0.3 is 6.36 Å². The van der Waals surface area contributed by atoms with Crippen LogP contribution in [-0.4, -0.2) is 16.6 Å². The number of aromatic nitrogens is 1. The molecule has 0 atom stereocenters. The van der Waals surface area contributed by atoms with E-state index in [2.05, 4.69) is 9.72 Å². The molecule has 1 heterocycles. The lowest BCUT2D eigenvalue weighted by Crippen LogP contribution is -2.19. The summed E-state index contributed by atoms with van der Waals surface area (Å²) in [7, 11) is 0. The summed E-state index contributed by atoms with van der Waals surface area (Å²) in [6.07, 6.45) is -7.92. The number of carbonyl (C=O) groups excluding carboxylic acids is 1. The molecule has 106 valence electrons. The van der Waals surface area contributed by atoms with Crippen LogP contribution in [0.15, 0.2) is 6.20 Å². The predicted octanol–water partition coefficient (Wildman–Crippen LogP) is 4.04. The zero-order valence-electron chi connectivity index (χ0n) is 8.77. The van der Waals surface area contributed by atoms with E-state index in [0.717, 1.165) is 0 Å². The standard InChI is InChI=1S/C9H4Cl2F5NO2/c10-1-3-4(19-9(14,15)16)2-17-6(7(11)18)5(3)8(12)13/h2,8H,1H2. The van der Waals surface area contributed by atoms with Gasteiger partial charge in [0.2, 0.25) is 0 Å². The van der Waals surface area contributed by atoms with E-state index in [1.54, 1.807) is 0 Å². The maximum atomic E-state index is 12.8. The van der Waals surface area contributed by atoms with Crippen LogP contribution in [0, 0.1) is 0 Å². The Hall–Kier alpha value is -1.15. The van der Waals surface area contributed by atoms with Crippen molar-refractivity contribution in [2.45, 2.75) is 18.7 Å². The second kappa shape index (κ2) is 5.87. The summed E-state index contributed by atoms with van der Waals surface area (Å²) < 4.78 is 65.3. The highest BCUT2D eigenvalue weighted by molar-refractivity contribution is 6.67. The van der Waals surface area contributed by atoms with Crippen LogP contribution in [0.3, 0.4) is 0 Å². The SMILES string of the molecule is O=C(Cl)c1ncc(OC(F)(F)F)c(CCl)c1C(F)F. The van der Waals surface area contributed by atoms with Crippen molar-refractivity contribution in [2.75, 3.05) is 0 Å². The average Bonchev–Trinajstić information content (AvgIpc) is 2.25. The van der Waals surface area contributed by atoms with Crippen LogP contribution in [0.1, 0.15) is 28.0 Å². The first kappa shape index (κ1) is 15.9. The predicted molar refractivity (Wildman–Crippen MR) is 55.6 cm³/mol. The van der Waals surface area contributed by atoms with Crippen LogP contribution >= 0.6 is 23.2 Å². The molecule has 0 saturated heterocycles. The lowest BCUT2D eigenvalue weighted by molar-refractivity contribution is -0.275. The molecule has 0 aliphatic rings. The maximum Gasteiger partial charge on any atom is 0.573 e. The number of ether oxygens (including phenoxy) is 1. The first-order valence-corrected chi connectivity index (χ1v) is 5.40. The summed E-state index contributed by atoms with van der Waals surface area (Å²) in [5, 5.41) is -1.33. The monoisotopic (exact) mass is 323 g/mol. The summed E-state index contributed by atoms with van der Waals surface area (Å²) in [6.45, 7) is 0. The van der Waals surface area contributed by atoms with E-state index in [-0.39, 0.29) is 0 Å². The highest BCUT2D eigenvalue weighted by atomic mass is 35.5. The molecule has 19 heavy (non-hydrogen) atoms. The third-order valence-corrected chi connectivity index (χ3v) is 2.40. The van der Waals surface area contributed by atoms with Crippen LogP contribution in [0.4, 0.5) is 22.0 Å². The number of hydrogen-bond acceptors (Lipinski definition) is 3. The molecule has 10 heteroatoms. The Labute approximate surface area is 113 Å². The van der Waals surface area contributed by atoms with Crippen molar-refractivity contribution < 1.29 is 31.5 Å². The lowest BCUT2D eigenvalue weighted by atomic mass is 10.1. The van der Waals surface area contributed by atoms with Gasteiger partial charge in [-0.25, -0.2) is 13.8 Å². The molecule has 0 saturated carbocycles. The molecule has 3 nitrogen and oxygen atoms in total. The van der Waals surface area contributed by atoms with Gasteiger partial charge in [0.15, 0.2) is 5.75 Å². The first-order chi connectivity index (χ1) is 8.67. The van der Waals surface area contributed by atoms with Crippen molar-refractivity contribution in [3.8, 4) is 5.75 Å². The first-order valence-electron chi connectivity index (χ1n) is 4.48. The minimum Gasteiger partial charge on any atom is -0.404 e. The van der Waals surface area contributed by atoms with Crippen LogP contribution in [0.5, 0.6) is 5.75 Å². The highest BCUT2D eigenvalue weighted by Crippen LogP contribution is 2.35. The van der Waals surface area contributed by atoms with Crippen LogP contribution in [-0.2, 0) is 5.88 Å². The van der Waals surface area contributed by atoms with E-state index >= 15 is 0 Å². The fraction of sp³-hybridized carbons (Fsp3) is 0.333. The molecule has 1 aromatic heterocycles. The number of carbonyl (C=O) groups is 1. The second-order valence-corrected chi connectivity index (χ2v) is 3.73. The van der Waals surface area contributed by atoms with E-state index in [4.69, 9.17) is 23.2 Å². The van der Waals surface area contributed by atoms with E-state index in [1.807, 2.05) is 0 Å². The molecule has 0 amide bonds. The van der Waals surface area contributed by atoms with Crippen molar-refractivity contribution in [1.82, 2.24) is 4.98 Å². The molecular weight excluding hydrogens is 320 g/mol. The van der Waals surface area contributed by atoms with Crippen LogP contribution in [0.25, 0.3) is 0 Å². The molecule has 0 radical (unpaired) electrons. The Balaban J connectivity index is 3.45. The number of nitrogens with zero attached hydrogens (tertiary/aromatic N) is 1. The summed E-state index contributed by atoms with van der Waals surface area (Å²) in [5.74, 6) is -1.73. The third-order valence-electron chi connectivity index (χ3n) is 1.95. The van der Waals surface area contributed by atoms with Crippen molar-refractivity contribution in [3.05, 3.63) is 23.0 Å². The molecular formula is C9H4Cl2F5NO2. The van der Waals surface area contributed by atoms with E-state index < -0.39 is 46.5 Å². The van der Waals surface area contributed by atoms with Gasteiger partial charge < -0.3 is 4.74 Å². The van der Waals surface area contributed by atoms with Gasteiger partial charge in [-0.1, -0.05) is 0 Å². The Morgan fingerprint density at radius 3 is 2.37 bits per heavy atom. The third kappa shape index (κ3) is 3.90. The zero-order valence-corrected chi connectivity index (χ0v) is 10.3. The number of hydrogen-bond donors (Lipinski definition) is 0. The normalized spacial score (nSPS) is 11.8. The van der Waals surface area contributed by atoms with Gasteiger partial charge in [0.1, 0.15) is 5.69 Å². The number of alkyl halides is 6. The smallest absolute Gasteiger partial charge is 0.404 e. The number of halogens is 7. The Bertz CT molecular complexity index is 492. The van der Waals surface area contributed by atoms with Gasteiger partial charge in [0.05, 0.1) is 17.6 Å². The second-order valence-electron chi connectivity index (χ2n) is 3.12. The fourth-order valence-electron chi connectivity index (χ4n) is 1.29. The van der Waals surface area contributed by atoms with E-state index in [9.17, 15) is 26.7 Å². The molecule has 0 fully saturated rings. The molecule has 0 spiro atoms. The summed E-state index contributed by atoms with van der Waals surface area (Å²) in [5.41, 5.74) is -2.62.